The van der Waals surface area contributed by atoms with Crippen LogP contribution in [-0.4, -0.2) is 121 Å². The number of benzene rings is 3. The molecule has 15 aromatic rings. The van der Waals surface area contributed by atoms with Crippen molar-refractivity contribution in [2.75, 3.05) is 0 Å². The second kappa shape index (κ2) is 27.8. The van der Waals surface area contributed by atoms with Crippen LogP contribution in [0.1, 0.15) is 57.6 Å². The van der Waals surface area contributed by atoms with Crippen LogP contribution in [0.25, 0.3) is 101 Å². The van der Waals surface area contributed by atoms with Crippen molar-refractivity contribution in [3.05, 3.63) is 220 Å². The average Bonchev–Trinajstić information content (AvgIpc) is 2.93. The Morgan fingerprint density at radius 3 is 1.35 bits per heavy atom. The molecule has 0 aliphatic rings. The van der Waals surface area contributed by atoms with Gasteiger partial charge >= 0.3 is 0 Å². The molecule has 0 unspecified atom stereocenters. The van der Waals surface area contributed by atoms with Crippen LogP contribution in [0.3, 0.4) is 0 Å². The summed E-state index contributed by atoms with van der Waals surface area (Å²) in [7, 11) is 0. The lowest BCUT2D eigenvalue weighted by atomic mass is 9.92. The lowest BCUT2D eigenvalue weighted by Crippen LogP contribution is -2.11. The summed E-state index contributed by atoms with van der Waals surface area (Å²) in [6.07, 6.45) is 19.4. The van der Waals surface area contributed by atoms with E-state index in [0.29, 0.717) is 5.92 Å². The minimum Gasteiger partial charge on any atom is -0.282 e. The molecule has 12 aromatic heterocycles. The van der Waals surface area contributed by atoms with Gasteiger partial charge in [-0.2, -0.15) is 30.6 Å². The van der Waals surface area contributed by atoms with Crippen LogP contribution in [-0.2, 0) is 5.41 Å². The molecule has 15 rings (SSSR count). The van der Waals surface area contributed by atoms with Crippen molar-refractivity contribution in [2.24, 2.45) is 0 Å². The number of rotatable bonds is 7. The van der Waals surface area contributed by atoms with Crippen molar-refractivity contribution in [1.82, 2.24) is 121 Å². The van der Waals surface area contributed by atoms with E-state index >= 15 is 0 Å². The highest BCUT2D eigenvalue weighted by Crippen LogP contribution is 2.30. The van der Waals surface area contributed by atoms with Gasteiger partial charge in [0.1, 0.15) is 72.1 Å². The van der Waals surface area contributed by atoms with Crippen molar-refractivity contribution in [3.63, 3.8) is 0 Å². The molecule has 24 heteroatoms. The minimum absolute atomic E-state index is 0.0816. The molecule has 0 amide bonds. The number of aromatic nitrogens is 24. The molecule has 0 saturated carbocycles. The largest absolute Gasteiger partial charge is 0.282 e. The number of aromatic amines is 6. The standard InChI is InChI=1S/C15H10N4.C11H8N4.C11H14N4.C10H12N4.C8H8N4.C7H6N4/c1-3-7-12-10(5-1)14(17-9-16-12)15-11-6-2-4-8-13(11)18-19-15;1-2-4-9-8(3-1)11(15-14-9)10-5-6-12-7-13-10;1-11(2,3)10-6-9(14-15-10)8-4-5-12-7-13-8;1-7(2)9-5-10(14-13-9)8-3-4-11-6-12-8;1-6-4-8(12-11-6)7-2-3-9-5-10-7;1-3-8-5-9-6(1)7-2-4-10-11-7/h1-9H,(H,18,19);1-7H,(H,14,15);4-7H,1-3H3,(H,14,15);3-7H,1-2H3,(H,13,14);2-5H,1H3,(H,11,12);1-5H,(H,10,11). The highest BCUT2D eigenvalue weighted by atomic mass is 15.2. The van der Waals surface area contributed by atoms with Crippen molar-refractivity contribution < 1.29 is 0 Å². The maximum atomic E-state index is 4.41. The Hall–Kier alpha value is -11.8. The molecule has 12 heterocycles. The molecular formula is C62H58N24. The first-order chi connectivity index (χ1) is 42.1. The molecule has 0 aliphatic carbocycles. The second-order valence-electron chi connectivity index (χ2n) is 20.1. The monoisotopic (exact) mass is 1140 g/mol. The average molecular weight is 1140 g/mol. The van der Waals surface area contributed by atoms with Gasteiger partial charge in [-0.05, 0) is 85.6 Å². The first-order valence-corrected chi connectivity index (χ1v) is 27.1. The molecule has 86 heavy (non-hydrogen) atoms. The van der Waals surface area contributed by atoms with Gasteiger partial charge in [0, 0.05) is 75.8 Å². The molecular weight excluding hydrogens is 1080 g/mol. The fourth-order valence-electron chi connectivity index (χ4n) is 8.25. The number of H-pyrrole nitrogens is 6. The normalized spacial score (nSPS) is 10.8. The summed E-state index contributed by atoms with van der Waals surface area (Å²) in [4.78, 5) is 48.5. The Labute approximate surface area is 492 Å². The van der Waals surface area contributed by atoms with E-state index in [9.17, 15) is 0 Å². The molecule has 3 aromatic carbocycles. The van der Waals surface area contributed by atoms with Gasteiger partial charge < -0.3 is 0 Å². The van der Waals surface area contributed by atoms with Gasteiger partial charge in [-0.3, -0.25) is 30.6 Å². The lowest BCUT2D eigenvalue weighted by molar-refractivity contribution is 0.567. The maximum Gasteiger partial charge on any atom is 0.119 e. The van der Waals surface area contributed by atoms with Gasteiger partial charge in [-0.25, -0.2) is 59.8 Å². The number of hydrogen-bond acceptors (Lipinski definition) is 18. The number of nitrogens with one attached hydrogen (secondary N) is 6. The summed E-state index contributed by atoms with van der Waals surface area (Å²) in [6.45, 7) is 12.6. The zero-order chi connectivity index (χ0) is 59.5. The fraction of sp³-hybridized carbons (Fsp3) is 0.129. The number of aryl methyl sites for hydroxylation is 1. The molecule has 6 N–H and O–H groups in total. The van der Waals surface area contributed by atoms with E-state index in [4.69, 9.17) is 0 Å². The summed E-state index contributed by atoms with van der Waals surface area (Å²) < 4.78 is 0. The van der Waals surface area contributed by atoms with Gasteiger partial charge in [0.2, 0.25) is 0 Å². The Balaban J connectivity index is 0.000000115. The van der Waals surface area contributed by atoms with Crippen molar-refractivity contribution in [3.8, 4) is 68.3 Å². The van der Waals surface area contributed by atoms with E-state index in [1.165, 1.54) is 31.6 Å². The predicted molar refractivity (Wildman–Crippen MR) is 328 cm³/mol. The fourth-order valence-corrected chi connectivity index (χ4v) is 8.25. The van der Waals surface area contributed by atoms with Crippen LogP contribution in [0.2, 0.25) is 0 Å². The second-order valence-corrected chi connectivity index (χ2v) is 20.1. The molecule has 0 radical (unpaired) electrons. The Morgan fingerprint density at radius 2 is 0.849 bits per heavy atom. The SMILES string of the molecule is CC(C)(C)c1cc(-c2ccncn2)n[nH]1.CC(C)c1cc(-c2ccncn2)n[nH]1.Cc1cc(-c2ccncn2)n[nH]1.c1cc(-c2ccn[nH]2)ncn1.c1ccc2c(-c3ccncn3)n[nH]c2c1.c1ccc2c(-c3n[nH]c4ccccc34)ncnc2c1. The van der Waals surface area contributed by atoms with Gasteiger partial charge in [-0.15, -0.1) is 0 Å². The highest BCUT2D eigenvalue weighted by molar-refractivity contribution is 6.00. The number of hydrogen-bond donors (Lipinski definition) is 6. The number of fused-ring (bicyclic) bond motifs is 3. The Morgan fingerprint density at radius 1 is 0.360 bits per heavy atom. The summed E-state index contributed by atoms with van der Waals surface area (Å²) in [5.41, 5.74) is 16.6. The van der Waals surface area contributed by atoms with E-state index in [1.54, 1.807) is 43.5 Å². The Bertz CT molecular complexity index is 4440. The molecule has 0 atom stereocenters. The van der Waals surface area contributed by atoms with Crippen LogP contribution in [0.15, 0.2) is 203 Å². The van der Waals surface area contributed by atoms with Crippen LogP contribution >= 0.6 is 0 Å². The van der Waals surface area contributed by atoms with Crippen LogP contribution in [0, 0.1) is 6.92 Å². The van der Waals surface area contributed by atoms with E-state index in [-0.39, 0.29) is 5.41 Å². The lowest BCUT2D eigenvalue weighted by Gasteiger charge is -2.14. The van der Waals surface area contributed by atoms with Gasteiger partial charge in [-0.1, -0.05) is 89.2 Å². The topological polar surface area (TPSA) is 327 Å². The molecule has 426 valence electrons. The summed E-state index contributed by atoms with van der Waals surface area (Å²) >= 11 is 0. The quantitative estimate of drug-likeness (QED) is 0.0863. The molecule has 0 aliphatic heterocycles. The third kappa shape index (κ3) is 14.8. The first-order valence-electron chi connectivity index (χ1n) is 27.1. The zero-order valence-corrected chi connectivity index (χ0v) is 47.7. The summed E-state index contributed by atoms with van der Waals surface area (Å²) in [6, 6.07) is 41.1. The van der Waals surface area contributed by atoms with Gasteiger partial charge in [0.05, 0.1) is 50.7 Å². The van der Waals surface area contributed by atoms with Crippen LogP contribution < -0.4 is 0 Å². The van der Waals surface area contributed by atoms with Gasteiger partial charge in [0.15, 0.2) is 0 Å². The molecule has 0 spiro atoms. The summed E-state index contributed by atoms with van der Waals surface area (Å²) in [5, 5.41) is 45.8. The number of nitrogens with zero attached hydrogens (tertiary/aromatic N) is 18. The smallest absolute Gasteiger partial charge is 0.119 e. The Kier molecular flexibility index (Phi) is 18.5. The molecule has 0 saturated heterocycles. The summed E-state index contributed by atoms with van der Waals surface area (Å²) in [5.74, 6) is 0.457. The zero-order valence-electron chi connectivity index (χ0n) is 47.7. The van der Waals surface area contributed by atoms with E-state index < -0.39 is 0 Å². The molecule has 0 bridgehead atoms. The van der Waals surface area contributed by atoms with Crippen LogP contribution in [0.5, 0.6) is 0 Å². The van der Waals surface area contributed by atoms with E-state index in [0.717, 1.165) is 118 Å². The number of para-hydroxylation sites is 3. The highest BCUT2D eigenvalue weighted by Gasteiger charge is 2.18. The minimum atomic E-state index is 0.0816. The van der Waals surface area contributed by atoms with Crippen LogP contribution in [0.4, 0.5) is 0 Å². The molecule has 0 fully saturated rings. The predicted octanol–water partition coefficient (Wildman–Crippen LogP) is 11.4. The van der Waals surface area contributed by atoms with Crippen molar-refractivity contribution >= 4 is 32.7 Å². The first kappa shape index (κ1) is 57.4. The van der Waals surface area contributed by atoms with Gasteiger partial charge in [0.25, 0.3) is 0 Å². The van der Waals surface area contributed by atoms with Crippen molar-refractivity contribution in [2.45, 2.75) is 52.9 Å². The van der Waals surface area contributed by atoms with Crippen molar-refractivity contribution in [1.29, 1.82) is 0 Å². The van der Waals surface area contributed by atoms with E-state index in [2.05, 4.69) is 156 Å². The third-order valence-electron chi connectivity index (χ3n) is 12.7. The molecule has 24 nitrogen and oxygen atoms in total. The third-order valence-corrected chi connectivity index (χ3v) is 12.7. The maximum absolute atomic E-state index is 4.41. The van der Waals surface area contributed by atoms with E-state index in [1.807, 2.05) is 134 Å².